The van der Waals surface area contributed by atoms with E-state index in [0.29, 0.717) is 6.54 Å². The number of nitrogens with zero attached hydrogens (tertiary/aromatic N) is 3. The molecule has 5 nitrogen and oxygen atoms in total. The summed E-state index contributed by atoms with van der Waals surface area (Å²) < 4.78 is 1.95. The molecule has 1 atom stereocenters. The van der Waals surface area contributed by atoms with Crippen molar-refractivity contribution in [2.75, 3.05) is 7.05 Å². The lowest BCUT2D eigenvalue weighted by Gasteiger charge is -2.24. The SMILES string of the molecule is CNC(=O)C(C)(C)Cn1c(C(C)Cl)nc2cc(C)cnc21. The molecule has 2 heterocycles. The Balaban J connectivity index is 2.56. The minimum absolute atomic E-state index is 0.0235. The van der Waals surface area contributed by atoms with Gasteiger partial charge >= 0.3 is 0 Å². The molecule has 0 radical (unpaired) electrons. The summed E-state index contributed by atoms with van der Waals surface area (Å²) in [6.45, 7) is 8.12. The largest absolute Gasteiger partial charge is 0.359 e. The highest BCUT2D eigenvalue weighted by Crippen LogP contribution is 2.28. The van der Waals surface area contributed by atoms with E-state index in [0.717, 1.165) is 22.6 Å². The van der Waals surface area contributed by atoms with Gasteiger partial charge in [0.2, 0.25) is 5.91 Å². The molecule has 1 N–H and O–H groups in total. The van der Waals surface area contributed by atoms with Gasteiger partial charge in [0.05, 0.1) is 10.8 Å². The number of aryl methyl sites for hydroxylation is 1. The second-order valence-corrected chi connectivity index (χ2v) is 6.65. The number of fused-ring (bicyclic) bond motifs is 1. The average molecular weight is 309 g/mol. The van der Waals surface area contributed by atoms with Crippen LogP contribution >= 0.6 is 11.6 Å². The first-order valence-electron chi connectivity index (χ1n) is 6.95. The molecule has 0 aromatic carbocycles. The summed E-state index contributed by atoms with van der Waals surface area (Å²) >= 11 is 6.25. The normalized spacial score (nSPS) is 13.4. The Labute approximate surface area is 129 Å². The van der Waals surface area contributed by atoms with Gasteiger partial charge in [0.1, 0.15) is 11.3 Å². The molecule has 2 aromatic rings. The molecular formula is C15H21ClN4O. The highest BCUT2D eigenvalue weighted by molar-refractivity contribution is 6.20. The molecule has 2 rings (SSSR count). The lowest BCUT2D eigenvalue weighted by molar-refractivity contribution is -0.129. The molecule has 0 bridgehead atoms. The Hall–Kier alpha value is -1.62. The predicted molar refractivity (Wildman–Crippen MR) is 84.4 cm³/mol. The second-order valence-electron chi connectivity index (χ2n) is 5.99. The van der Waals surface area contributed by atoms with Crippen LogP contribution in [0.5, 0.6) is 0 Å². The van der Waals surface area contributed by atoms with Crippen molar-refractivity contribution >= 4 is 28.7 Å². The molecule has 0 aliphatic rings. The fourth-order valence-electron chi connectivity index (χ4n) is 2.39. The van der Waals surface area contributed by atoms with Crippen LogP contribution in [0.3, 0.4) is 0 Å². The van der Waals surface area contributed by atoms with Crippen LogP contribution in [0.4, 0.5) is 0 Å². The minimum Gasteiger partial charge on any atom is -0.359 e. The van der Waals surface area contributed by atoms with Gasteiger partial charge in [-0.3, -0.25) is 4.79 Å². The van der Waals surface area contributed by atoms with Crippen molar-refractivity contribution in [2.24, 2.45) is 5.41 Å². The maximum Gasteiger partial charge on any atom is 0.227 e. The average Bonchev–Trinajstić information content (AvgIpc) is 2.75. The van der Waals surface area contributed by atoms with Gasteiger partial charge in [0, 0.05) is 19.8 Å². The molecule has 1 amide bonds. The fraction of sp³-hybridized carbons (Fsp3) is 0.533. The van der Waals surface area contributed by atoms with Crippen molar-refractivity contribution < 1.29 is 4.79 Å². The topological polar surface area (TPSA) is 59.8 Å². The molecule has 6 heteroatoms. The summed E-state index contributed by atoms with van der Waals surface area (Å²) in [5, 5.41) is 2.45. The zero-order valence-corrected chi connectivity index (χ0v) is 13.8. The zero-order valence-electron chi connectivity index (χ0n) is 13.1. The molecule has 0 saturated heterocycles. The standard InChI is InChI=1S/C15H21ClN4O/c1-9-6-11-13(18-7-9)20(12(19-11)10(2)16)8-15(3,4)14(21)17-5/h6-7,10H,8H2,1-5H3,(H,17,21). The van der Waals surface area contributed by atoms with Crippen LogP contribution < -0.4 is 5.32 Å². The maximum absolute atomic E-state index is 12.0. The van der Waals surface area contributed by atoms with E-state index in [1.165, 1.54) is 0 Å². The third kappa shape index (κ3) is 3.02. The van der Waals surface area contributed by atoms with E-state index in [9.17, 15) is 4.79 Å². The van der Waals surface area contributed by atoms with Gasteiger partial charge in [0.15, 0.2) is 5.65 Å². The van der Waals surface area contributed by atoms with E-state index in [1.807, 2.05) is 38.3 Å². The number of aromatic nitrogens is 3. The van der Waals surface area contributed by atoms with Gasteiger partial charge in [-0.15, -0.1) is 11.6 Å². The first-order chi connectivity index (χ1) is 9.76. The van der Waals surface area contributed by atoms with Gasteiger partial charge in [-0.1, -0.05) is 0 Å². The van der Waals surface area contributed by atoms with E-state index < -0.39 is 5.41 Å². The van der Waals surface area contributed by atoms with Crippen LogP contribution in [0, 0.1) is 12.3 Å². The fourth-order valence-corrected chi connectivity index (χ4v) is 2.56. The Morgan fingerprint density at radius 1 is 1.52 bits per heavy atom. The van der Waals surface area contributed by atoms with Crippen LogP contribution in [0.2, 0.25) is 0 Å². The summed E-state index contributed by atoms with van der Waals surface area (Å²) in [7, 11) is 1.64. The monoisotopic (exact) mass is 308 g/mol. The molecule has 0 aliphatic heterocycles. The number of carbonyl (C=O) groups is 1. The lowest BCUT2D eigenvalue weighted by atomic mass is 9.92. The maximum atomic E-state index is 12.0. The van der Waals surface area contributed by atoms with E-state index in [4.69, 9.17) is 11.6 Å². The number of alkyl halides is 1. The number of nitrogens with one attached hydrogen (secondary N) is 1. The van der Waals surface area contributed by atoms with Crippen LogP contribution in [0.25, 0.3) is 11.2 Å². The number of amides is 1. The number of halogens is 1. The lowest BCUT2D eigenvalue weighted by Crippen LogP contribution is -2.38. The molecule has 0 saturated carbocycles. The van der Waals surface area contributed by atoms with Gasteiger partial charge in [-0.2, -0.15) is 0 Å². The smallest absolute Gasteiger partial charge is 0.227 e. The van der Waals surface area contributed by atoms with Gasteiger partial charge < -0.3 is 9.88 Å². The molecule has 0 fully saturated rings. The van der Waals surface area contributed by atoms with Gasteiger partial charge in [0.25, 0.3) is 0 Å². The number of rotatable bonds is 4. The van der Waals surface area contributed by atoms with Crippen molar-refractivity contribution in [1.82, 2.24) is 19.9 Å². The van der Waals surface area contributed by atoms with E-state index in [1.54, 1.807) is 13.2 Å². The Kier molecular flexibility index (Phi) is 4.23. The summed E-state index contributed by atoms with van der Waals surface area (Å²) in [6, 6.07) is 1.98. The molecule has 114 valence electrons. The van der Waals surface area contributed by atoms with E-state index in [2.05, 4.69) is 15.3 Å². The third-order valence-corrected chi connectivity index (χ3v) is 3.70. The van der Waals surface area contributed by atoms with Crippen LogP contribution in [0.15, 0.2) is 12.3 Å². The number of hydrogen-bond acceptors (Lipinski definition) is 3. The first-order valence-corrected chi connectivity index (χ1v) is 7.39. The highest BCUT2D eigenvalue weighted by Gasteiger charge is 2.30. The van der Waals surface area contributed by atoms with Crippen molar-refractivity contribution in [2.45, 2.75) is 39.6 Å². The zero-order chi connectivity index (χ0) is 15.8. The summed E-state index contributed by atoms with van der Waals surface area (Å²) in [5.41, 5.74) is 2.05. The van der Waals surface area contributed by atoms with Crippen LogP contribution in [-0.4, -0.2) is 27.5 Å². The van der Waals surface area contributed by atoms with E-state index >= 15 is 0 Å². The Morgan fingerprint density at radius 2 is 2.19 bits per heavy atom. The van der Waals surface area contributed by atoms with Gasteiger partial charge in [-0.05, 0) is 39.3 Å². The highest BCUT2D eigenvalue weighted by atomic mass is 35.5. The number of hydrogen-bond donors (Lipinski definition) is 1. The van der Waals surface area contributed by atoms with Crippen molar-refractivity contribution in [3.8, 4) is 0 Å². The quantitative estimate of drug-likeness (QED) is 0.884. The summed E-state index contributed by atoms with van der Waals surface area (Å²) in [6.07, 6.45) is 1.80. The van der Waals surface area contributed by atoms with Crippen molar-refractivity contribution in [1.29, 1.82) is 0 Å². The van der Waals surface area contributed by atoms with Crippen molar-refractivity contribution in [3.63, 3.8) is 0 Å². The van der Waals surface area contributed by atoms with Crippen LogP contribution in [0.1, 0.15) is 37.5 Å². The molecule has 0 spiro atoms. The van der Waals surface area contributed by atoms with Crippen LogP contribution in [-0.2, 0) is 11.3 Å². The van der Waals surface area contributed by atoms with Gasteiger partial charge in [-0.25, -0.2) is 9.97 Å². The molecule has 2 aromatic heterocycles. The molecule has 1 unspecified atom stereocenters. The number of imidazole rings is 1. The third-order valence-electron chi connectivity index (χ3n) is 3.50. The number of pyridine rings is 1. The summed E-state index contributed by atoms with van der Waals surface area (Å²) in [5.74, 6) is 0.714. The predicted octanol–water partition coefficient (Wildman–Crippen LogP) is 2.81. The van der Waals surface area contributed by atoms with Crippen molar-refractivity contribution in [3.05, 3.63) is 23.7 Å². The first kappa shape index (κ1) is 15.8. The number of carbonyl (C=O) groups excluding carboxylic acids is 1. The summed E-state index contributed by atoms with van der Waals surface area (Å²) in [4.78, 5) is 21.1. The Morgan fingerprint density at radius 3 is 2.76 bits per heavy atom. The molecule has 0 aliphatic carbocycles. The molecular weight excluding hydrogens is 288 g/mol. The molecule has 21 heavy (non-hydrogen) atoms. The Bertz CT molecular complexity index is 676. The van der Waals surface area contributed by atoms with E-state index in [-0.39, 0.29) is 11.3 Å². The second kappa shape index (κ2) is 5.64. The minimum atomic E-state index is -0.574.